The summed E-state index contributed by atoms with van der Waals surface area (Å²) in [5.41, 5.74) is 0.677. The van der Waals surface area contributed by atoms with Gasteiger partial charge < -0.3 is 10.1 Å². The minimum Gasteiger partial charge on any atom is -0.493 e. The summed E-state index contributed by atoms with van der Waals surface area (Å²) in [5, 5.41) is 3.00. The van der Waals surface area contributed by atoms with Gasteiger partial charge in [0.1, 0.15) is 5.75 Å². The number of amides is 1. The zero-order valence-electron chi connectivity index (χ0n) is 11.3. The minimum atomic E-state index is -3.79. The fourth-order valence-corrected chi connectivity index (χ4v) is 3.42. The topological polar surface area (TPSA) is 72.5 Å². The van der Waals surface area contributed by atoms with Crippen molar-refractivity contribution in [3.05, 3.63) is 23.8 Å². The van der Waals surface area contributed by atoms with E-state index in [1.165, 1.54) is 12.1 Å². The van der Waals surface area contributed by atoms with Gasteiger partial charge in [-0.05, 0) is 31.0 Å². The number of fused-ring (bicyclic) bond motifs is 1. The van der Waals surface area contributed by atoms with E-state index in [0.29, 0.717) is 24.3 Å². The minimum absolute atomic E-state index is 0.0244. The summed E-state index contributed by atoms with van der Waals surface area (Å²) in [6, 6.07) is 4.27. The second-order valence-corrected chi connectivity index (χ2v) is 8.03. The molecule has 1 saturated carbocycles. The Morgan fingerprint density at radius 1 is 1.29 bits per heavy atom. The number of carbonyl (C=O) groups excluding carboxylic acids is 1. The highest BCUT2D eigenvalue weighted by molar-refractivity contribution is 8.13. The first kappa shape index (κ1) is 14.7. The first-order valence-electron chi connectivity index (χ1n) is 6.97. The summed E-state index contributed by atoms with van der Waals surface area (Å²) in [5.74, 6) is 0.735. The monoisotopic (exact) mass is 329 g/mol. The van der Waals surface area contributed by atoms with E-state index in [1.807, 2.05) is 0 Å². The smallest absolute Gasteiger partial charge is 0.261 e. The SMILES string of the molecule is O=C(NC1CCOc2ccc(S(=O)(=O)Cl)cc21)C1CCC1. The van der Waals surface area contributed by atoms with Crippen LogP contribution in [0.4, 0.5) is 0 Å². The van der Waals surface area contributed by atoms with Crippen LogP contribution in [0.5, 0.6) is 5.75 Å². The molecule has 0 spiro atoms. The molecular weight excluding hydrogens is 314 g/mol. The third-order valence-electron chi connectivity index (χ3n) is 4.09. The maximum absolute atomic E-state index is 12.1. The lowest BCUT2D eigenvalue weighted by Gasteiger charge is -2.31. The Morgan fingerprint density at radius 2 is 2.05 bits per heavy atom. The molecule has 0 saturated heterocycles. The van der Waals surface area contributed by atoms with Gasteiger partial charge in [-0.3, -0.25) is 4.79 Å². The van der Waals surface area contributed by atoms with Crippen molar-refractivity contribution in [3.8, 4) is 5.75 Å². The number of nitrogens with one attached hydrogen (secondary N) is 1. The van der Waals surface area contributed by atoms with Gasteiger partial charge in [0, 0.05) is 28.6 Å². The fourth-order valence-electron chi connectivity index (χ4n) is 2.63. The van der Waals surface area contributed by atoms with Crippen molar-refractivity contribution in [1.29, 1.82) is 0 Å². The molecule has 114 valence electrons. The molecule has 1 amide bonds. The van der Waals surface area contributed by atoms with Gasteiger partial charge in [-0.1, -0.05) is 6.42 Å². The lowest BCUT2D eigenvalue weighted by Crippen LogP contribution is -2.38. The first-order chi connectivity index (χ1) is 9.95. The molecule has 1 fully saturated rings. The van der Waals surface area contributed by atoms with Gasteiger partial charge in [0.05, 0.1) is 17.5 Å². The van der Waals surface area contributed by atoms with Crippen molar-refractivity contribution in [3.63, 3.8) is 0 Å². The molecule has 1 unspecified atom stereocenters. The van der Waals surface area contributed by atoms with Gasteiger partial charge in [0.25, 0.3) is 9.05 Å². The molecular formula is C14H16ClNO4S. The molecule has 21 heavy (non-hydrogen) atoms. The number of hydrogen-bond acceptors (Lipinski definition) is 4. The van der Waals surface area contributed by atoms with Gasteiger partial charge in [0.15, 0.2) is 0 Å². The molecule has 1 N–H and O–H groups in total. The summed E-state index contributed by atoms with van der Waals surface area (Å²) < 4.78 is 28.4. The molecule has 7 heteroatoms. The van der Waals surface area contributed by atoms with Crippen LogP contribution in [-0.4, -0.2) is 20.9 Å². The van der Waals surface area contributed by atoms with Crippen LogP contribution < -0.4 is 10.1 Å². The molecule has 1 aromatic rings. The fraction of sp³-hybridized carbons (Fsp3) is 0.500. The molecule has 1 aromatic carbocycles. The predicted molar refractivity (Wildman–Crippen MR) is 77.8 cm³/mol. The normalized spacial score (nSPS) is 21.9. The highest BCUT2D eigenvalue weighted by Gasteiger charge is 2.30. The molecule has 1 aliphatic carbocycles. The van der Waals surface area contributed by atoms with E-state index >= 15 is 0 Å². The van der Waals surface area contributed by atoms with Crippen LogP contribution in [0.3, 0.4) is 0 Å². The van der Waals surface area contributed by atoms with Gasteiger partial charge in [-0.2, -0.15) is 0 Å². The summed E-state index contributed by atoms with van der Waals surface area (Å²) in [6.07, 6.45) is 3.57. The summed E-state index contributed by atoms with van der Waals surface area (Å²) in [7, 11) is 1.59. The quantitative estimate of drug-likeness (QED) is 0.864. The molecule has 0 bridgehead atoms. The molecule has 1 atom stereocenters. The standard InChI is InChI=1S/C14H16ClNO4S/c15-21(18,19)10-4-5-13-11(8-10)12(6-7-20-13)16-14(17)9-2-1-3-9/h4-5,8-9,12H,1-3,6-7H2,(H,16,17). The lowest BCUT2D eigenvalue weighted by atomic mass is 9.84. The number of carbonyl (C=O) groups is 1. The summed E-state index contributed by atoms with van der Waals surface area (Å²) >= 11 is 0. The molecule has 2 aliphatic rings. The van der Waals surface area contributed by atoms with E-state index in [4.69, 9.17) is 15.4 Å². The Hall–Kier alpha value is -1.27. The van der Waals surface area contributed by atoms with Crippen molar-refractivity contribution < 1.29 is 17.9 Å². The molecule has 5 nitrogen and oxygen atoms in total. The highest BCUT2D eigenvalue weighted by Crippen LogP contribution is 2.35. The lowest BCUT2D eigenvalue weighted by molar-refractivity contribution is -0.128. The number of halogens is 1. The van der Waals surface area contributed by atoms with Gasteiger partial charge >= 0.3 is 0 Å². The first-order valence-corrected chi connectivity index (χ1v) is 9.28. The van der Waals surface area contributed by atoms with Gasteiger partial charge in [-0.15, -0.1) is 0 Å². The Balaban J connectivity index is 1.87. The highest BCUT2D eigenvalue weighted by atomic mass is 35.7. The number of hydrogen-bond donors (Lipinski definition) is 1. The van der Waals surface area contributed by atoms with Crippen molar-refractivity contribution in [2.24, 2.45) is 5.92 Å². The number of ether oxygens (including phenoxy) is 1. The second-order valence-electron chi connectivity index (χ2n) is 5.46. The van der Waals surface area contributed by atoms with Crippen molar-refractivity contribution >= 4 is 25.6 Å². The van der Waals surface area contributed by atoms with Crippen LogP contribution in [-0.2, 0) is 13.8 Å². The van der Waals surface area contributed by atoms with Crippen LogP contribution in [0.1, 0.15) is 37.3 Å². The largest absolute Gasteiger partial charge is 0.493 e. The van der Waals surface area contributed by atoms with E-state index in [9.17, 15) is 13.2 Å². The second kappa shape index (κ2) is 5.50. The molecule has 0 radical (unpaired) electrons. The number of benzene rings is 1. The molecule has 1 aliphatic heterocycles. The maximum atomic E-state index is 12.1. The van der Waals surface area contributed by atoms with E-state index in [0.717, 1.165) is 19.3 Å². The number of rotatable bonds is 3. The average Bonchev–Trinajstić information content (AvgIpc) is 2.35. The Morgan fingerprint density at radius 3 is 2.67 bits per heavy atom. The van der Waals surface area contributed by atoms with Crippen LogP contribution in [0.15, 0.2) is 23.1 Å². The van der Waals surface area contributed by atoms with E-state index in [-0.39, 0.29) is 22.8 Å². The predicted octanol–water partition coefficient (Wildman–Crippen LogP) is 2.35. The van der Waals surface area contributed by atoms with Crippen LogP contribution in [0.25, 0.3) is 0 Å². The average molecular weight is 330 g/mol. The third-order valence-corrected chi connectivity index (χ3v) is 5.45. The Bertz CT molecular complexity index is 670. The summed E-state index contributed by atoms with van der Waals surface area (Å²) in [4.78, 5) is 12.1. The van der Waals surface area contributed by atoms with Gasteiger partial charge in [0.2, 0.25) is 5.91 Å². The van der Waals surface area contributed by atoms with E-state index in [2.05, 4.69) is 5.32 Å². The Kier molecular flexibility index (Phi) is 3.84. The Labute approximate surface area is 128 Å². The molecule has 3 rings (SSSR count). The van der Waals surface area contributed by atoms with Crippen molar-refractivity contribution in [2.75, 3.05) is 6.61 Å². The van der Waals surface area contributed by atoms with Crippen LogP contribution in [0.2, 0.25) is 0 Å². The molecule has 0 aromatic heterocycles. The third kappa shape index (κ3) is 3.01. The maximum Gasteiger partial charge on any atom is 0.261 e. The van der Waals surface area contributed by atoms with Gasteiger partial charge in [-0.25, -0.2) is 8.42 Å². The molecule has 1 heterocycles. The van der Waals surface area contributed by atoms with E-state index in [1.54, 1.807) is 6.07 Å². The zero-order chi connectivity index (χ0) is 15.0. The van der Waals surface area contributed by atoms with Crippen molar-refractivity contribution in [1.82, 2.24) is 5.32 Å². The summed E-state index contributed by atoms with van der Waals surface area (Å²) in [6.45, 7) is 0.496. The van der Waals surface area contributed by atoms with E-state index < -0.39 is 9.05 Å². The van der Waals surface area contributed by atoms with Crippen LogP contribution in [0, 0.1) is 5.92 Å². The van der Waals surface area contributed by atoms with Crippen molar-refractivity contribution in [2.45, 2.75) is 36.6 Å². The zero-order valence-corrected chi connectivity index (χ0v) is 12.9. The van der Waals surface area contributed by atoms with Crippen LogP contribution >= 0.6 is 10.7 Å².